The van der Waals surface area contributed by atoms with Gasteiger partial charge in [0.15, 0.2) is 0 Å². The fourth-order valence-corrected chi connectivity index (χ4v) is 2.24. The monoisotopic (exact) mass is 150 g/mol. The second-order valence-electron chi connectivity index (χ2n) is 4.13. The van der Waals surface area contributed by atoms with Crippen molar-refractivity contribution in [3.63, 3.8) is 0 Å². The lowest BCUT2D eigenvalue weighted by atomic mass is 9.53. The quantitative estimate of drug-likeness (QED) is 0.540. The molecule has 0 spiro atoms. The summed E-state index contributed by atoms with van der Waals surface area (Å²) in [6.45, 7) is 12.3. The molecule has 62 valence electrons. The van der Waals surface area contributed by atoms with Crippen LogP contribution in [0.15, 0.2) is 25.3 Å². The number of allylic oxidation sites excluding steroid dienone is 2. The number of rotatable bonds is 3. The van der Waals surface area contributed by atoms with E-state index in [1.54, 1.807) is 0 Å². The van der Waals surface area contributed by atoms with Crippen LogP contribution in [0.4, 0.5) is 0 Å². The Labute approximate surface area is 70.0 Å². The maximum Gasteiger partial charge on any atom is -0.0107 e. The standard InChI is InChI=1S/C11H18/c1-5-10(4)8-11(6-2,7-3)9-10/h5-6H,1-2,7-9H2,3-4H3. The molecule has 0 heterocycles. The van der Waals surface area contributed by atoms with Gasteiger partial charge in [0, 0.05) is 0 Å². The lowest BCUT2D eigenvalue weighted by Gasteiger charge is -2.52. The third kappa shape index (κ3) is 1.26. The molecule has 0 unspecified atom stereocenters. The topological polar surface area (TPSA) is 0 Å². The van der Waals surface area contributed by atoms with Crippen molar-refractivity contribution in [2.75, 3.05) is 0 Å². The van der Waals surface area contributed by atoms with Crippen LogP contribution in [0.25, 0.3) is 0 Å². The van der Waals surface area contributed by atoms with E-state index in [-0.39, 0.29) is 0 Å². The van der Waals surface area contributed by atoms with Crippen molar-refractivity contribution < 1.29 is 0 Å². The van der Waals surface area contributed by atoms with Gasteiger partial charge < -0.3 is 0 Å². The first-order valence-corrected chi connectivity index (χ1v) is 4.37. The van der Waals surface area contributed by atoms with E-state index in [9.17, 15) is 0 Å². The summed E-state index contributed by atoms with van der Waals surface area (Å²) in [5.74, 6) is 0. The second-order valence-corrected chi connectivity index (χ2v) is 4.13. The molecule has 1 aliphatic carbocycles. The Kier molecular flexibility index (Phi) is 1.96. The van der Waals surface area contributed by atoms with Crippen molar-refractivity contribution in [1.82, 2.24) is 0 Å². The lowest BCUT2D eigenvalue weighted by Crippen LogP contribution is -2.41. The lowest BCUT2D eigenvalue weighted by molar-refractivity contribution is 0.0525. The van der Waals surface area contributed by atoms with Crippen LogP contribution in [-0.4, -0.2) is 0 Å². The summed E-state index contributed by atoms with van der Waals surface area (Å²) in [4.78, 5) is 0. The van der Waals surface area contributed by atoms with E-state index in [2.05, 4.69) is 39.2 Å². The molecule has 0 aliphatic heterocycles. The minimum Gasteiger partial charge on any atom is -0.103 e. The summed E-state index contributed by atoms with van der Waals surface area (Å²) in [6.07, 6.45) is 7.91. The minimum atomic E-state index is 0.393. The van der Waals surface area contributed by atoms with E-state index in [0.717, 1.165) is 0 Å². The van der Waals surface area contributed by atoms with Crippen LogP contribution >= 0.6 is 0 Å². The van der Waals surface area contributed by atoms with Gasteiger partial charge in [-0.2, -0.15) is 0 Å². The summed E-state index contributed by atoms with van der Waals surface area (Å²) in [7, 11) is 0. The van der Waals surface area contributed by atoms with Gasteiger partial charge in [0.1, 0.15) is 0 Å². The molecule has 0 amide bonds. The highest BCUT2D eigenvalue weighted by molar-refractivity contribution is 5.14. The normalized spacial score (nSPS) is 42.7. The fourth-order valence-electron chi connectivity index (χ4n) is 2.24. The molecule has 11 heavy (non-hydrogen) atoms. The molecule has 0 radical (unpaired) electrons. The zero-order valence-electron chi connectivity index (χ0n) is 7.69. The van der Waals surface area contributed by atoms with Crippen molar-refractivity contribution >= 4 is 0 Å². The maximum atomic E-state index is 3.89. The van der Waals surface area contributed by atoms with Crippen molar-refractivity contribution in [2.24, 2.45) is 10.8 Å². The van der Waals surface area contributed by atoms with E-state index in [4.69, 9.17) is 0 Å². The molecule has 0 aromatic rings. The predicted octanol–water partition coefficient (Wildman–Crippen LogP) is 3.55. The van der Waals surface area contributed by atoms with Crippen LogP contribution in [0.3, 0.4) is 0 Å². The van der Waals surface area contributed by atoms with Crippen LogP contribution in [-0.2, 0) is 0 Å². The molecule has 0 nitrogen and oxygen atoms in total. The Balaban J connectivity index is 2.60. The second kappa shape index (κ2) is 2.51. The zero-order chi connectivity index (χ0) is 8.54. The highest BCUT2D eigenvalue weighted by Gasteiger charge is 2.46. The van der Waals surface area contributed by atoms with Gasteiger partial charge in [0.25, 0.3) is 0 Å². The summed E-state index contributed by atoms with van der Waals surface area (Å²) in [6, 6.07) is 0. The SMILES string of the molecule is C=CC1(C)CC(C=C)(CC)C1. The molecule has 1 saturated carbocycles. The van der Waals surface area contributed by atoms with Crippen LogP contribution in [0, 0.1) is 10.8 Å². The van der Waals surface area contributed by atoms with Crippen LogP contribution in [0.1, 0.15) is 33.1 Å². The summed E-state index contributed by atoms with van der Waals surface area (Å²) in [5, 5.41) is 0. The third-order valence-electron chi connectivity index (χ3n) is 3.14. The molecule has 0 aromatic carbocycles. The van der Waals surface area contributed by atoms with Gasteiger partial charge in [-0.1, -0.05) is 26.0 Å². The van der Waals surface area contributed by atoms with E-state index in [1.807, 2.05) is 0 Å². The molecular formula is C11H18. The summed E-state index contributed by atoms with van der Waals surface area (Å²) >= 11 is 0. The van der Waals surface area contributed by atoms with Gasteiger partial charge in [-0.25, -0.2) is 0 Å². The Morgan fingerprint density at radius 1 is 1.27 bits per heavy atom. The highest BCUT2D eigenvalue weighted by Crippen LogP contribution is 2.57. The maximum absolute atomic E-state index is 3.89. The van der Waals surface area contributed by atoms with Gasteiger partial charge in [-0.05, 0) is 30.1 Å². The number of hydrogen-bond donors (Lipinski definition) is 0. The first kappa shape index (κ1) is 8.58. The van der Waals surface area contributed by atoms with Gasteiger partial charge in [0.05, 0.1) is 0 Å². The van der Waals surface area contributed by atoms with E-state index >= 15 is 0 Å². The molecule has 1 aliphatic rings. The molecule has 0 bridgehead atoms. The van der Waals surface area contributed by atoms with Crippen LogP contribution in [0.5, 0.6) is 0 Å². The average molecular weight is 150 g/mol. The van der Waals surface area contributed by atoms with Crippen LogP contribution in [0.2, 0.25) is 0 Å². The van der Waals surface area contributed by atoms with Gasteiger partial charge in [-0.3, -0.25) is 0 Å². The summed E-state index contributed by atoms with van der Waals surface area (Å²) < 4.78 is 0. The highest BCUT2D eigenvalue weighted by atomic mass is 14.5. The smallest absolute Gasteiger partial charge is 0.0107 e. The number of hydrogen-bond acceptors (Lipinski definition) is 0. The Hall–Kier alpha value is -0.520. The van der Waals surface area contributed by atoms with Gasteiger partial charge >= 0.3 is 0 Å². The Morgan fingerprint density at radius 3 is 2.09 bits per heavy atom. The van der Waals surface area contributed by atoms with Gasteiger partial charge in [0.2, 0.25) is 0 Å². The molecule has 0 atom stereocenters. The fraction of sp³-hybridized carbons (Fsp3) is 0.636. The zero-order valence-corrected chi connectivity index (χ0v) is 7.69. The average Bonchev–Trinajstić information content (AvgIpc) is 1.98. The molecule has 0 heteroatoms. The van der Waals surface area contributed by atoms with E-state index < -0.39 is 0 Å². The van der Waals surface area contributed by atoms with Gasteiger partial charge in [-0.15, -0.1) is 13.2 Å². The molecule has 1 fully saturated rings. The van der Waals surface area contributed by atoms with Crippen molar-refractivity contribution in [3.8, 4) is 0 Å². The molecule has 0 saturated heterocycles. The van der Waals surface area contributed by atoms with E-state index in [0.29, 0.717) is 10.8 Å². The first-order valence-electron chi connectivity index (χ1n) is 4.37. The first-order chi connectivity index (χ1) is 5.10. The Bertz CT molecular complexity index is 170. The van der Waals surface area contributed by atoms with E-state index in [1.165, 1.54) is 19.3 Å². The molecule has 0 aromatic heterocycles. The summed E-state index contributed by atoms with van der Waals surface area (Å²) in [5.41, 5.74) is 0.827. The molecule has 0 N–H and O–H groups in total. The Morgan fingerprint density at radius 2 is 1.82 bits per heavy atom. The molecule has 1 rings (SSSR count). The van der Waals surface area contributed by atoms with Crippen molar-refractivity contribution in [1.29, 1.82) is 0 Å². The molecular weight excluding hydrogens is 132 g/mol. The van der Waals surface area contributed by atoms with Crippen molar-refractivity contribution in [3.05, 3.63) is 25.3 Å². The minimum absolute atomic E-state index is 0.393. The van der Waals surface area contributed by atoms with Crippen molar-refractivity contribution in [2.45, 2.75) is 33.1 Å². The largest absolute Gasteiger partial charge is 0.103 e. The third-order valence-corrected chi connectivity index (χ3v) is 3.14. The predicted molar refractivity (Wildman–Crippen MR) is 50.5 cm³/mol. The van der Waals surface area contributed by atoms with Crippen LogP contribution < -0.4 is 0 Å².